The van der Waals surface area contributed by atoms with Gasteiger partial charge in [0.15, 0.2) is 0 Å². The van der Waals surface area contributed by atoms with Crippen LogP contribution in [0.15, 0.2) is 96.0 Å². The number of ketones is 1. The molecule has 1 heterocycles. The highest BCUT2D eigenvalue weighted by atomic mass is 16.7. The second kappa shape index (κ2) is 14.3. The highest BCUT2D eigenvalue weighted by Gasteiger charge is 2.51. The molecule has 43 heavy (non-hydrogen) atoms. The Morgan fingerprint density at radius 3 is 1.72 bits per heavy atom. The van der Waals surface area contributed by atoms with Gasteiger partial charge >= 0.3 is 13.1 Å². The number of Topliss-reactive ketones (excluding diaryl/α,β-unsaturated/α-hetero) is 1. The van der Waals surface area contributed by atoms with Crippen LogP contribution in [0.5, 0.6) is 0 Å². The minimum atomic E-state index is -1.77. The minimum absolute atomic E-state index is 0.189. The molecule has 1 saturated heterocycles. The summed E-state index contributed by atoms with van der Waals surface area (Å²) < 4.78 is 18.2. The lowest BCUT2D eigenvalue weighted by atomic mass is 9.79. The summed E-state index contributed by atoms with van der Waals surface area (Å²) in [6, 6.07) is 28.3. The number of carbonyl (C=O) groups excluding carboxylic acids is 2. The van der Waals surface area contributed by atoms with Gasteiger partial charge in [-0.05, 0) is 46.9 Å². The van der Waals surface area contributed by atoms with Crippen molar-refractivity contribution >= 4 is 24.6 Å². The van der Waals surface area contributed by atoms with Gasteiger partial charge in [-0.15, -0.1) is 0 Å². The molecule has 0 aromatic heterocycles. The van der Waals surface area contributed by atoms with Crippen LogP contribution in [0.25, 0.3) is 0 Å². The van der Waals surface area contributed by atoms with Crippen LogP contribution in [0.1, 0.15) is 88.2 Å². The molecule has 0 aliphatic carbocycles. The third-order valence-electron chi connectivity index (χ3n) is 8.41. The molecule has 0 saturated carbocycles. The number of unbranched alkanes of at least 4 members (excludes halogenated alkanes) is 2. The van der Waals surface area contributed by atoms with E-state index in [1.807, 2.05) is 101 Å². The Bertz CT molecular complexity index is 1320. The topological polar surface area (TPSA) is 74.2 Å². The average molecular weight is 582 g/mol. The van der Waals surface area contributed by atoms with Gasteiger partial charge in [-0.2, -0.15) is 0 Å². The molecule has 0 spiro atoms. The minimum Gasteiger partial charge on any atom is -0.464 e. The lowest BCUT2D eigenvalue weighted by Gasteiger charge is -2.32. The van der Waals surface area contributed by atoms with Gasteiger partial charge in [0.2, 0.25) is 11.3 Å². The molecular formula is C36H44BNO5. The van der Waals surface area contributed by atoms with E-state index in [0.29, 0.717) is 36.9 Å². The summed E-state index contributed by atoms with van der Waals surface area (Å²) in [6.07, 6.45) is 3.63. The van der Waals surface area contributed by atoms with Gasteiger partial charge in [0.25, 0.3) is 0 Å². The van der Waals surface area contributed by atoms with Crippen molar-refractivity contribution in [3.8, 4) is 0 Å². The summed E-state index contributed by atoms with van der Waals surface area (Å²) >= 11 is 0. The van der Waals surface area contributed by atoms with Crippen LogP contribution in [0.3, 0.4) is 0 Å². The molecule has 1 atom stereocenters. The van der Waals surface area contributed by atoms with E-state index in [0.717, 1.165) is 17.5 Å². The largest absolute Gasteiger partial charge is 0.464 e. The quantitative estimate of drug-likeness (QED) is 0.0486. The number of nitrogens with zero attached hydrogens (tertiary/aromatic N) is 1. The Kier molecular flexibility index (Phi) is 10.8. The molecule has 4 rings (SSSR count). The number of ether oxygens (including phenoxy) is 1. The Hall–Kier alpha value is -3.55. The van der Waals surface area contributed by atoms with Crippen LogP contribution < -0.4 is 0 Å². The smallest absolute Gasteiger partial charge is 0.457 e. The molecular weight excluding hydrogens is 537 g/mol. The van der Waals surface area contributed by atoms with E-state index in [9.17, 15) is 9.59 Å². The molecule has 0 radical (unpaired) electrons. The van der Waals surface area contributed by atoms with Crippen LogP contribution in [0.4, 0.5) is 0 Å². The third-order valence-corrected chi connectivity index (χ3v) is 8.41. The highest BCUT2D eigenvalue weighted by Crippen LogP contribution is 2.38. The molecule has 3 aromatic carbocycles. The number of rotatable bonds is 14. The SMILES string of the molecule is CCCCOC(=O)C(CCCCB1OC(C)(C)C(C)(C)O1)(N=C(c1ccccc1)c1ccccc1)C(=O)c1ccccc1. The summed E-state index contributed by atoms with van der Waals surface area (Å²) in [7, 11) is -0.353. The van der Waals surface area contributed by atoms with Crippen LogP contribution in [0, 0.1) is 0 Å². The second-order valence-electron chi connectivity index (χ2n) is 12.2. The van der Waals surface area contributed by atoms with Gasteiger partial charge in [0, 0.05) is 16.7 Å². The van der Waals surface area contributed by atoms with E-state index in [2.05, 4.69) is 0 Å². The summed E-state index contributed by atoms with van der Waals surface area (Å²) in [5, 5.41) is 0. The molecule has 0 bridgehead atoms. The second-order valence-corrected chi connectivity index (χ2v) is 12.2. The van der Waals surface area contributed by atoms with Gasteiger partial charge in [-0.25, -0.2) is 4.79 Å². The first-order valence-corrected chi connectivity index (χ1v) is 15.4. The fourth-order valence-corrected chi connectivity index (χ4v) is 5.17. The molecule has 1 aliphatic rings. The molecule has 226 valence electrons. The number of aliphatic imine (C=N–C) groups is 1. The maximum absolute atomic E-state index is 14.5. The summed E-state index contributed by atoms with van der Waals surface area (Å²) in [5.74, 6) is -0.982. The Labute approximate surface area is 257 Å². The van der Waals surface area contributed by atoms with Gasteiger partial charge in [-0.3, -0.25) is 9.79 Å². The van der Waals surface area contributed by atoms with E-state index >= 15 is 0 Å². The normalized spacial score (nSPS) is 16.7. The van der Waals surface area contributed by atoms with Crippen molar-refractivity contribution in [3.05, 3.63) is 108 Å². The van der Waals surface area contributed by atoms with Gasteiger partial charge in [-0.1, -0.05) is 117 Å². The van der Waals surface area contributed by atoms with Crippen molar-refractivity contribution in [1.29, 1.82) is 0 Å². The third kappa shape index (κ3) is 7.70. The molecule has 3 aromatic rings. The molecule has 1 fully saturated rings. The van der Waals surface area contributed by atoms with Crippen molar-refractivity contribution in [2.24, 2.45) is 4.99 Å². The molecule has 1 unspecified atom stereocenters. The predicted molar refractivity (Wildman–Crippen MR) is 173 cm³/mol. The first-order chi connectivity index (χ1) is 20.6. The van der Waals surface area contributed by atoms with E-state index in [4.69, 9.17) is 19.0 Å². The maximum Gasteiger partial charge on any atom is 0.457 e. The first-order valence-electron chi connectivity index (χ1n) is 15.4. The number of hydrogen-bond acceptors (Lipinski definition) is 6. The number of esters is 1. The molecule has 0 N–H and O–H groups in total. The number of carbonyl (C=O) groups is 2. The molecule has 1 aliphatic heterocycles. The van der Waals surface area contributed by atoms with E-state index in [-0.39, 0.29) is 25.9 Å². The fourth-order valence-electron chi connectivity index (χ4n) is 5.17. The fraction of sp³-hybridized carbons (Fsp3) is 0.417. The lowest BCUT2D eigenvalue weighted by Crippen LogP contribution is -2.47. The van der Waals surface area contributed by atoms with Crippen LogP contribution in [0.2, 0.25) is 6.32 Å². The van der Waals surface area contributed by atoms with Crippen molar-refractivity contribution in [2.75, 3.05) is 6.61 Å². The Morgan fingerprint density at radius 2 is 1.23 bits per heavy atom. The monoisotopic (exact) mass is 581 g/mol. The highest BCUT2D eigenvalue weighted by molar-refractivity contribution is 6.45. The first kappa shape index (κ1) is 32.4. The van der Waals surface area contributed by atoms with Gasteiger partial charge < -0.3 is 14.0 Å². The van der Waals surface area contributed by atoms with Crippen molar-refractivity contribution in [2.45, 2.75) is 89.8 Å². The molecule has 7 heteroatoms. The lowest BCUT2D eigenvalue weighted by molar-refractivity contribution is -0.148. The zero-order valence-electron chi connectivity index (χ0n) is 26.2. The van der Waals surface area contributed by atoms with Gasteiger partial charge in [0.1, 0.15) is 0 Å². The number of benzene rings is 3. The summed E-state index contributed by atoms with van der Waals surface area (Å²) in [5.41, 5.74) is 0.0203. The zero-order chi connectivity index (χ0) is 30.9. The van der Waals surface area contributed by atoms with Crippen molar-refractivity contribution in [1.82, 2.24) is 0 Å². The maximum atomic E-state index is 14.5. The van der Waals surface area contributed by atoms with E-state index in [1.54, 1.807) is 24.3 Å². The summed E-state index contributed by atoms with van der Waals surface area (Å²) in [4.78, 5) is 33.8. The summed E-state index contributed by atoms with van der Waals surface area (Å²) in [6.45, 7) is 10.4. The molecule has 0 amide bonds. The Balaban J connectivity index is 1.76. The standard InChI is InChI=1S/C36H44BNO5/c1-6-7-27-41-33(40)36(32(39)30-23-15-10-16-24-30,25-17-18-26-37-42-34(2,3)35(4,5)43-37)38-31(28-19-11-8-12-20-28)29-21-13-9-14-22-29/h8-16,19-24H,6-7,17-18,25-27H2,1-5H3. The van der Waals surface area contributed by atoms with Crippen molar-refractivity contribution < 1.29 is 23.6 Å². The van der Waals surface area contributed by atoms with Gasteiger partial charge in [0.05, 0.1) is 23.5 Å². The zero-order valence-corrected chi connectivity index (χ0v) is 26.2. The molecule has 6 nitrogen and oxygen atoms in total. The van der Waals surface area contributed by atoms with E-state index < -0.39 is 22.7 Å². The number of hydrogen-bond donors (Lipinski definition) is 0. The Morgan fingerprint density at radius 1 is 0.744 bits per heavy atom. The average Bonchev–Trinajstić information content (AvgIpc) is 3.23. The van der Waals surface area contributed by atoms with Crippen LogP contribution in [-0.2, 0) is 18.8 Å². The predicted octanol–water partition coefficient (Wildman–Crippen LogP) is 7.75. The van der Waals surface area contributed by atoms with Crippen LogP contribution >= 0.6 is 0 Å². The van der Waals surface area contributed by atoms with Crippen molar-refractivity contribution in [3.63, 3.8) is 0 Å². The van der Waals surface area contributed by atoms with E-state index in [1.165, 1.54) is 0 Å². The van der Waals surface area contributed by atoms with Crippen LogP contribution in [-0.4, -0.2) is 47.9 Å².